The van der Waals surface area contributed by atoms with Crippen molar-refractivity contribution in [3.8, 4) is 33.4 Å². The second kappa shape index (κ2) is 12.2. The minimum atomic E-state index is -0.239. The van der Waals surface area contributed by atoms with Gasteiger partial charge in [0.05, 0.1) is 10.4 Å². The van der Waals surface area contributed by atoms with Crippen molar-refractivity contribution in [3.05, 3.63) is 188 Å². The van der Waals surface area contributed by atoms with E-state index in [2.05, 4.69) is 157 Å². The molecule has 0 fully saturated rings. The SMILES string of the molecule is Fc1ccc(-c2ccc(N(c3ccc(-c4ccc5ccccc5c4)cc3)c3cccc4c3sc3ccccc34)cc2-c2ccccc2)cc1. The third-order valence-electron chi connectivity index (χ3n) is 9.33. The van der Waals surface area contributed by atoms with Crippen LogP contribution in [0.3, 0.4) is 0 Å². The third kappa shape index (κ3) is 5.35. The Labute approximate surface area is 288 Å². The maximum Gasteiger partial charge on any atom is 0.123 e. The predicted molar refractivity (Wildman–Crippen MR) is 208 cm³/mol. The number of hydrogen-bond donors (Lipinski definition) is 0. The zero-order valence-corrected chi connectivity index (χ0v) is 27.4. The highest BCUT2D eigenvalue weighted by Crippen LogP contribution is 2.46. The van der Waals surface area contributed by atoms with Crippen molar-refractivity contribution >= 4 is 59.3 Å². The maximum atomic E-state index is 14.0. The number of thiophene rings is 1. The Kier molecular flexibility index (Phi) is 7.26. The van der Waals surface area contributed by atoms with E-state index in [-0.39, 0.29) is 5.82 Å². The summed E-state index contributed by atoms with van der Waals surface area (Å²) in [4.78, 5) is 2.38. The molecule has 9 aromatic rings. The average Bonchev–Trinajstić information content (AvgIpc) is 3.55. The number of anilines is 3. The fraction of sp³-hybridized carbons (Fsp3) is 0. The van der Waals surface area contributed by atoms with Gasteiger partial charge in [0.2, 0.25) is 0 Å². The van der Waals surface area contributed by atoms with Crippen molar-refractivity contribution in [3.63, 3.8) is 0 Å². The average molecular weight is 648 g/mol. The molecule has 0 amide bonds. The molecule has 0 aliphatic carbocycles. The van der Waals surface area contributed by atoms with Crippen molar-refractivity contribution in [1.29, 1.82) is 0 Å². The Bertz CT molecular complexity index is 2600. The first-order valence-corrected chi connectivity index (χ1v) is 17.3. The molecular weight excluding hydrogens is 618 g/mol. The van der Waals surface area contributed by atoms with Gasteiger partial charge in [-0.25, -0.2) is 4.39 Å². The second-order valence-electron chi connectivity index (χ2n) is 12.3. The van der Waals surface area contributed by atoms with E-state index in [0.717, 1.165) is 39.3 Å². The van der Waals surface area contributed by atoms with Gasteiger partial charge in [0.1, 0.15) is 5.82 Å². The minimum Gasteiger partial charge on any atom is -0.309 e. The second-order valence-corrected chi connectivity index (χ2v) is 13.4. The van der Waals surface area contributed by atoms with E-state index in [1.165, 1.54) is 54.2 Å². The predicted octanol–water partition coefficient (Wildman–Crippen LogP) is 13.8. The maximum absolute atomic E-state index is 14.0. The Balaban J connectivity index is 1.24. The van der Waals surface area contributed by atoms with Gasteiger partial charge in [-0.05, 0) is 98.8 Å². The zero-order chi connectivity index (χ0) is 32.7. The van der Waals surface area contributed by atoms with E-state index in [4.69, 9.17) is 0 Å². The highest BCUT2D eigenvalue weighted by atomic mass is 32.1. The Hall–Kier alpha value is -6.03. The Morgan fingerprint density at radius 2 is 1.06 bits per heavy atom. The van der Waals surface area contributed by atoms with Crippen molar-refractivity contribution in [2.75, 3.05) is 4.90 Å². The van der Waals surface area contributed by atoms with Crippen LogP contribution in [0.4, 0.5) is 21.5 Å². The zero-order valence-electron chi connectivity index (χ0n) is 26.6. The van der Waals surface area contributed by atoms with Crippen molar-refractivity contribution < 1.29 is 4.39 Å². The quantitative estimate of drug-likeness (QED) is 0.174. The van der Waals surface area contributed by atoms with Crippen molar-refractivity contribution in [2.45, 2.75) is 0 Å². The molecule has 1 heterocycles. The Morgan fingerprint density at radius 1 is 0.408 bits per heavy atom. The van der Waals surface area contributed by atoms with Crippen LogP contribution in [0.25, 0.3) is 64.3 Å². The summed E-state index contributed by atoms with van der Waals surface area (Å²) >= 11 is 1.83. The van der Waals surface area contributed by atoms with Gasteiger partial charge in [-0.3, -0.25) is 0 Å². The molecule has 3 heteroatoms. The van der Waals surface area contributed by atoms with Crippen LogP contribution in [-0.2, 0) is 0 Å². The van der Waals surface area contributed by atoms with Crippen molar-refractivity contribution in [2.24, 2.45) is 0 Å². The number of hydrogen-bond acceptors (Lipinski definition) is 2. The molecule has 0 aliphatic heterocycles. The number of benzene rings is 8. The standard InChI is InChI=1S/C46H30FNS/c47-37-23-19-34(20-24-37)40-28-27-39(30-43(40)33-10-2-1-3-11-33)48(44-15-8-14-42-41-13-6-7-16-45(41)49-46(42)44)38-25-21-32(22-26-38)36-18-17-31-9-4-5-12-35(31)29-36/h1-30H. The van der Waals surface area contributed by atoms with Gasteiger partial charge in [0, 0.05) is 26.8 Å². The van der Waals surface area contributed by atoms with Gasteiger partial charge in [-0.2, -0.15) is 0 Å². The van der Waals surface area contributed by atoms with E-state index < -0.39 is 0 Å². The molecule has 0 bridgehead atoms. The summed E-state index contributed by atoms with van der Waals surface area (Å²) in [6, 6.07) is 63.2. The summed E-state index contributed by atoms with van der Waals surface area (Å²) in [5.74, 6) is -0.239. The molecule has 0 spiro atoms. The van der Waals surface area contributed by atoms with E-state index in [1.807, 2.05) is 29.5 Å². The Morgan fingerprint density at radius 3 is 1.90 bits per heavy atom. The summed E-state index contributed by atoms with van der Waals surface area (Å²) in [5, 5.41) is 5.00. The first kappa shape index (κ1) is 29.1. The molecule has 0 saturated carbocycles. The molecule has 1 aromatic heterocycles. The molecule has 0 unspecified atom stereocenters. The van der Waals surface area contributed by atoms with Crippen LogP contribution in [0, 0.1) is 5.82 Å². The molecule has 0 saturated heterocycles. The van der Waals surface area contributed by atoms with Gasteiger partial charge >= 0.3 is 0 Å². The number of rotatable bonds is 6. The normalized spacial score (nSPS) is 11.4. The molecule has 0 N–H and O–H groups in total. The lowest BCUT2D eigenvalue weighted by Gasteiger charge is -2.27. The number of fused-ring (bicyclic) bond motifs is 4. The highest BCUT2D eigenvalue weighted by molar-refractivity contribution is 7.26. The summed E-state index contributed by atoms with van der Waals surface area (Å²) in [6.45, 7) is 0. The molecule has 232 valence electrons. The first-order valence-electron chi connectivity index (χ1n) is 16.4. The van der Waals surface area contributed by atoms with E-state index in [0.29, 0.717) is 0 Å². The molecule has 9 rings (SSSR count). The summed E-state index contributed by atoms with van der Waals surface area (Å²) in [7, 11) is 0. The summed E-state index contributed by atoms with van der Waals surface area (Å²) < 4.78 is 16.5. The third-order valence-corrected chi connectivity index (χ3v) is 10.5. The van der Waals surface area contributed by atoms with Crippen LogP contribution < -0.4 is 4.90 Å². The van der Waals surface area contributed by atoms with Crippen LogP contribution in [-0.4, -0.2) is 0 Å². The van der Waals surface area contributed by atoms with Crippen molar-refractivity contribution in [1.82, 2.24) is 0 Å². The molecule has 1 nitrogen and oxygen atoms in total. The van der Waals surface area contributed by atoms with Crippen LogP contribution in [0.2, 0.25) is 0 Å². The van der Waals surface area contributed by atoms with Crippen LogP contribution in [0.5, 0.6) is 0 Å². The van der Waals surface area contributed by atoms with E-state index in [9.17, 15) is 4.39 Å². The van der Waals surface area contributed by atoms with Crippen LogP contribution >= 0.6 is 11.3 Å². The largest absolute Gasteiger partial charge is 0.309 e. The fourth-order valence-electron chi connectivity index (χ4n) is 6.92. The van der Waals surface area contributed by atoms with E-state index in [1.54, 1.807) is 0 Å². The smallest absolute Gasteiger partial charge is 0.123 e. The topological polar surface area (TPSA) is 3.24 Å². The molecule has 0 radical (unpaired) electrons. The lowest BCUT2D eigenvalue weighted by atomic mass is 9.93. The van der Waals surface area contributed by atoms with Crippen LogP contribution in [0.1, 0.15) is 0 Å². The highest BCUT2D eigenvalue weighted by Gasteiger charge is 2.20. The fourth-order valence-corrected chi connectivity index (χ4v) is 8.12. The first-order chi connectivity index (χ1) is 24.2. The minimum absolute atomic E-state index is 0.239. The molecule has 0 aliphatic rings. The van der Waals surface area contributed by atoms with Crippen LogP contribution in [0.15, 0.2) is 182 Å². The summed E-state index contributed by atoms with van der Waals surface area (Å²) in [6.07, 6.45) is 0. The molecular formula is C46H30FNS. The van der Waals surface area contributed by atoms with E-state index >= 15 is 0 Å². The van der Waals surface area contributed by atoms with Gasteiger partial charge in [-0.1, -0.05) is 127 Å². The van der Waals surface area contributed by atoms with Gasteiger partial charge in [-0.15, -0.1) is 11.3 Å². The van der Waals surface area contributed by atoms with Gasteiger partial charge in [0.25, 0.3) is 0 Å². The molecule has 49 heavy (non-hydrogen) atoms. The van der Waals surface area contributed by atoms with Gasteiger partial charge in [0.15, 0.2) is 0 Å². The lowest BCUT2D eigenvalue weighted by molar-refractivity contribution is 0.628. The number of nitrogens with zero attached hydrogens (tertiary/aromatic N) is 1. The monoisotopic (exact) mass is 647 g/mol. The lowest BCUT2D eigenvalue weighted by Crippen LogP contribution is -2.10. The summed E-state index contributed by atoms with van der Waals surface area (Å²) in [5.41, 5.74) is 9.85. The number of halogens is 1. The molecule has 8 aromatic carbocycles. The molecule has 0 atom stereocenters. The van der Waals surface area contributed by atoms with Gasteiger partial charge < -0.3 is 4.90 Å².